The molecule has 1 amide bonds. The first-order valence-corrected chi connectivity index (χ1v) is 8.97. The highest BCUT2D eigenvalue weighted by atomic mass is 32.1. The van der Waals surface area contributed by atoms with Crippen LogP contribution in [0.15, 0.2) is 0 Å². The largest absolute Gasteiger partial charge is 0.480 e. The molecule has 0 radical (unpaired) electrons. The van der Waals surface area contributed by atoms with E-state index in [1.54, 1.807) is 11.9 Å². The van der Waals surface area contributed by atoms with E-state index >= 15 is 0 Å². The molecule has 130 valence electrons. The van der Waals surface area contributed by atoms with Crippen molar-refractivity contribution in [2.75, 3.05) is 32.4 Å². The standard InChI is InChI=1S/C16H32N2O3S/c1-18(14-16(20)21)12-9-11-17-15(19)10-7-5-3-2-4-6-8-13-22/h22H,2-14H2,1H3,(H,17,19)(H,20,21). The van der Waals surface area contributed by atoms with Crippen molar-refractivity contribution >= 4 is 24.5 Å². The molecule has 6 heteroatoms. The van der Waals surface area contributed by atoms with Gasteiger partial charge in [0.1, 0.15) is 0 Å². The number of hydrogen-bond acceptors (Lipinski definition) is 4. The minimum Gasteiger partial charge on any atom is -0.480 e. The smallest absolute Gasteiger partial charge is 0.317 e. The summed E-state index contributed by atoms with van der Waals surface area (Å²) in [6.45, 7) is 1.34. The zero-order chi connectivity index (χ0) is 16.6. The Kier molecular flexibility index (Phi) is 14.6. The number of hydrogen-bond donors (Lipinski definition) is 3. The van der Waals surface area contributed by atoms with Crippen LogP contribution >= 0.6 is 12.6 Å². The summed E-state index contributed by atoms with van der Waals surface area (Å²) in [7, 11) is 1.77. The van der Waals surface area contributed by atoms with E-state index in [1.807, 2.05) is 0 Å². The Morgan fingerprint density at radius 1 is 1.00 bits per heavy atom. The summed E-state index contributed by atoms with van der Waals surface area (Å²) in [6.07, 6.45) is 9.66. The predicted octanol–water partition coefficient (Wildman–Crippen LogP) is 2.56. The van der Waals surface area contributed by atoms with Gasteiger partial charge in [-0.25, -0.2) is 0 Å². The van der Waals surface area contributed by atoms with Crippen LogP contribution in [0.3, 0.4) is 0 Å². The van der Waals surface area contributed by atoms with Crippen LogP contribution in [0.25, 0.3) is 0 Å². The fourth-order valence-corrected chi connectivity index (χ4v) is 2.48. The molecular formula is C16H32N2O3S. The highest BCUT2D eigenvalue weighted by Gasteiger charge is 2.04. The first-order chi connectivity index (χ1) is 10.6. The number of carboxylic acids is 1. The number of aliphatic carboxylic acids is 1. The third-order valence-corrected chi connectivity index (χ3v) is 3.82. The zero-order valence-electron chi connectivity index (χ0n) is 13.9. The maximum atomic E-state index is 11.6. The van der Waals surface area contributed by atoms with E-state index in [2.05, 4.69) is 17.9 Å². The highest BCUT2D eigenvalue weighted by molar-refractivity contribution is 7.80. The van der Waals surface area contributed by atoms with Crippen molar-refractivity contribution in [1.29, 1.82) is 0 Å². The molecule has 0 rings (SSSR count). The SMILES string of the molecule is CN(CCCNC(=O)CCCCCCCCCS)CC(=O)O. The maximum absolute atomic E-state index is 11.6. The Morgan fingerprint density at radius 3 is 2.18 bits per heavy atom. The van der Waals surface area contributed by atoms with E-state index < -0.39 is 5.97 Å². The molecule has 0 saturated carbocycles. The Hall–Kier alpha value is -0.750. The average Bonchev–Trinajstić information content (AvgIpc) is 2.45. The number of rotatable bonds is 15. The minimum absolute atomic E-state index is 0.0436. The molecule has 2 N–H and O–H groups in total. The van der Waals surface area contributed by atoms with Crippen molar-refractivity contribution in [3.63, 3.8) is 0 Å². The summed E-state index contributed by atoms with van der Waals surface area (Å²) in [4.78, 5) is 23.8. The molecule has 0 aliphatic heterocycles. The lowest BCUT2D eigenvalue weighted by molar-refractivity contribution is -0.138. The molecule has 0 aliphatic rings. The summed E-state index contributed by atoms with van der Waals surface area (Å²) >= 11 is 4.19. The molecule has 0 fully saturated rings. The Bertz CT molecular complexity index is 301. The molecule has 0 saturated heterocycles. The van der Waals surface area contributed by atoms with Gasteiger partial charge in [0.2, 0.25) is 5.91 Å². The van der Waals surface area contributed by atoms with Gasteiger partial charge in [0.15, 0.2) is 0 Å². The number of carbonyl (C=O) groups excluding carboxylic acids is 1. The van der Waals surface area contributed by atoms with Gasteiger partial charge in [-0.2, -0.15) is 12.6 Å². The second kappa shape index (κ2) is 15.2. The fraction of sp³-hybridized carbons (Fsp3) is 0.875. The van der Waals surface area contributed by atoms with Gasteiger partial charge in [-0.3, -0.25) is 14.5 Å². The van der Waals surface area contributed by atoms with Crippen LogP contribution < -0.4 is 5.32 Å². The Labute approximate surface area is 140 Å². The van der Waals surface area contributed by atoms with Crippen LogP contribution in [-0.2, 0) is 9.59 Å². The number of amides is 1. The number of carboxylic acid groups (broad SMARTS) is 1. The Morgan fingerprint density at radius 2 is 1.59 bits per heavy atom. The number of unbranched alkanes of at least 4 members (excludes halogenated alkanes) is 6. The van der Waals surface area contributed by atoms with Crippen LogP contribution in [0.5, 0.6) is 0 Å². The fourth-order valence-electron chi connectivity index (χ4n) is 2.26. The van der Waals surface area contributed by atoms with E-state index in [1.165, 1.54) is 32.1 Å². The maximum Gasteiger partial charge on any atom is 0.317 e. The van der Waals surface area contributed by atoms with Gasteiger partial charge in [-0.05, 0) is 32.1 Å². The molecule has 0 aromatic carbocycles. The lowest BCUT2D eigenvalue weighted by Crippen LogP contribution is -2.30. The van der Waals surface area contributed by atoms with Gasteiger partial charge < -0.3 is 10.4 Å². The molecule has 0 unspecified atom stereocenters. The number of nitrogens with one attached hydrogen (secondary N) is 1. The summed E-state index contributed by atoms with van der Waals surface area (Å²) < 4.78 is 0. The van der Waals surface area contributed by atoms with Gasteiger partial charge in [-0.15, -0.1) is 0 Å². The number of nitrogens with zero attached hydrogens (tertiary/aromatic N) is 1. The first kappa shape index (κ1) is 21.2. The molecule has 0 aliphatic carbocycles. The minimum atomic E-state index is -0.822. The molecule has 0 aromatic rings. The molecular weight excluding hydrogens is 300 g/mol. The van der Waals surface area contributed by atoms with Crippen LogP contribution in [0, 0.1) is 0 Å². The molecule has 5 nitrogen and oxygen atoms in total. The van der Waals surface area contributed by atoms with Gasteiger partial charge in [-0.1, -0.05) is 32.1 Å². The van der Waals surface area contributed by atoms with E-state index in [4.69, 9.17) is 5.11 Å². The second-order valence-corrected chi connectivity index (χ2v) is 6.23. The monoisotopic (exact) mass is 332 g/mol. The lowest BCUT2D eigenvalue weighted by atomic mass is 10.1. The van der Waals surface area contributed by atoms with E-state index in [9.17, 15) is 9.59 Å². The Balaban J connectivity index is 3.31. The summed E-state index contributed by atoms with van der Waals surface area (Å²) in [5.41, 5.74) is 0. The van der Waals surface area contributed by atoms with Crippen molar-refractivity contribution in [1.82, 2.24) is 10.2 Å². The number of thiol groups is 1. The molecule has 0 aromatic heterocycles. The van der Waals surface area contributed by atoms with Gasteiger partial charge in [0.05, 0.1) is 6.54 Å². The summed E-state index contributed by atoms with van der Waals surface area (Å²) in [5.74, 6) is 0.264. The predicted molar refractivity (Wildman–Crippen MR) is 93.5 cm³/mol. The normalized spacial score (nSPS) is 10.9. The summed E-state index contributed by atoms with van der Waals surface area (Å²) in [5, 5.41) is 11.5. The van der Waals surface area contributed by atoms with E-state index in [0.29, 0.717) is 19.5 Å². The highest BCUT2D eigenvalue weighted by Crippen LogP contribution is 2.08. The molecule has 0 spiro atoms. The quantitative estimate of drug-likeness (QED) is 0.318. The van der Waals surface area contributed by atoms with E-state index in [-0.39, 0.29) is 12.5 Å². The van der Waals surface area contributed by atoms with Gasteiger partial charge in [0.25, 0.3) is 0 Å². The van der Waals surface area contributed by atoms with Crippen molar-refractivity contribution in [2.45, 2.75) is 57.8 Å². The van der Waals surface area contributed by atoms with Crippen LogP contribution in [0.1, 0.15) is 57.8 Å². The molecule has 0 bridgehead atoms. The van der Waals surface area contributed by atoms with Gasteiger partial charge >= 0.3 is 5.97 Å². The van der Waals surface area contributed by atoms with Crippen LogP contribution in [0.2, 0.25) is 0 Å². The average molecular weight is 333 g/mol. The third-order valence-electron chi connectivity index (χ3n) is 3.51. The topological polar surface area (TPSA) is 69.6 Å². The second-order valence-electron chi connectivity index (χ2n) is 5.78. The lowest BCUT2D eigenvalue weighted by Gasteiger charge is -2.13. The third kappa shape index (κ3) is 15.6. The molecule has 0 atom stereocenters. The number of likely N-dealkylation sites (N-methyl/N-ethyl adjacent to an activating group) is 1. The van der Waals surface area contributed by atoms with Crippen molar-refractivity contribution < 1.29 is 14.7 Å². The molecule has 22 heavy (non-hydrogen) atoms. The first-order valence-electron chi connectivity index (χ1n) is 8.34. The van der Waals surface area contributed by atoms with Crippen molar-refractivity contribution in [3.8, 4) is 0 Å². The van der Waals surface area contributed by atoms with Crippen LogP contribution in [-0.4, -0.2) is 54.3 Å². The van der Waals surface area contributed by atoms with Crippen LogP contribution in [0.4, 0.5) is 0 Å². The van der Waals surface area contributed by atoms with Crippen molar-refractivity contribution in [2.24, 2.45) is 0 Å². The summed E-state index contributed by atoms with van der Waals surface area (Å²) in [6, 6.07) is 0. The van der Waals surface area contributed by atoms with Gasteiger partial charge in [0, 0.05) is 19.5 Å². The van der Waals surface area contributed by atoms with Crippen molar-refractivity contribution in [3.05, 3.63) is 0 Å². The molecule has 0 heterocycles. The van der Waals surface area contributed by atoms with E-state index in [0.717, 1.165) is 25.0 Å². The number of carbonyl (C=O) groups is 2. The zero-order valence-corrected chi connectivity index (χ0v) is 14.7.